The molecule has 5 N–H and O–H groups in total. The molecule has 0 spiro atoms. The lowest BCUT2D eigenvalue weighted by Crippen LogP contribution is -2.56. The third-order valence-corrected chi connectivity index (χ3v) is 13.3. The molecule has 0 radical (unpaired) electrons. The summed E-state index contributed by atoms with van der Waals surface area (Å²) in [6.07, 6.45) is 2.69. The summed E-state index contributed by atoms with van der Waals surface area (Å²) in [5, 5.41) is 14.9. The van der Waals surface area contributed by atoms with E-state index in [1.54, 1.807) is 57.8 Å². The van der Waals surface area contributed by atoms with E-state index >= 15 is 8.78 Å². The third-order valence-electron chi connectivity index (χ3n) is 13.3. The molecule has 8 atom stereocenters. The summed E-state index contributed by atoms with van der Waals surface area (Å²) < 4.78 is 62.6. The Morgan fingerprint density at radius 1 is 0.781 bits per heavy atom. The van der Waals surface area contributed by atoms with Gasteiger partial charge in [0.25, 0.3) is 0 Å². The summed E-state index contributed by atoms with van der Waals surface area (Å²) in [7, 11) is 4.98. The number of carbonyl (C=O) groups excluding carboxylic acids is 4. The molecule has 13 nitrogen and oxygen atoms in total. The molecular formula is C47H65F4N9O4. The van der Waals surface area contributed by atoms with Gasteiger partial charge in [0.15, 0.2) is 5.82 Å². The number of likely N-dealkylation sites (tertiary alicyclic amines) is 2. The van der Waals surface area contributed by atoms with E-state index in [-0.39, 0.29) is 68.1 Å². The predicted molar refractivity (Wildman–Crippen MR) is 239 cm³/mol. The second kappa shape index (κ2) is 21.8. The van der Waals surface area contributed by atoms with Crippen molar-refractivity contribution in [3.05, 3.63) is 65.5 Å². The molecule has 6 rings (SSSR count). The zero-order valence-corrected chi connectivity index (χ0v) is 37.9. The van der Waals surface area contributed by atoms with Crippen LogP contribution >= 0.6 is 0 Å². The summed E-state index contributed by atoms with van der Waals surface area (Å²) in [5.74, 6) is -2.28. The average Bonchev–Trinajstić information content (AvgIpc) is 3.97. The molecule has 2 aliphatic heterocycles. The molecule has 1 saturated carbocycles. The minimum Gasteiger partial charge on any atom is -0.385 e. The van der Waals surface area contributed by atoms with Gasteiger partial charge in [0, 0.05) is 38.5 Å². The van der Waals surface area contributed by atoms with E-state index < -0.39 is 66.1 Å². The minimum absolute atomic E-state index is 0.00198. The van der Waals surface area contributed by atoms with Crippen LogP contribution in [0.15, 0.2) is 42.5 Å². The first-order valence-electron chi connectivity index (χ1n) is 22.8. The van der Waals surface area contributed by atoms with E-state index in [0.717, 1.165) is 32.1 Å². The van der Waals surface area contributed by atoms with Crippen molar-refractivity contribution in [2.24, 2.45) is 5.92 Å². The monoisotopic (exact) mass is 896 g/mol. The van der Waals surface area contributed by atoms with Gasteiger partial charge < -0.3 is 41.0 Å². The number of benzene rings is 2. The van der Waals surface area contributed by atoms with Crippen molar-refractivity contribution in [2.45, 2.75) is 140 Å². The van der Waals surface area contributed by atoms with E-state index in [9.17, 15) is 28.0 Å². The molecule has 1 aliphatic carbocycles. The number of aromatic nitrogens is 2. The molecule has 64 heavy (non-hydrogen) atoms. The molecule has 0 bridgehead atoms. The number of nitrogens with zero attached hydrogens (tertiary/aromatic N) is 4. The Kier molecular flexibility index (Phi) is 16.5. The fourth-order valence-electron chi connectivity index (χ4n) is 9.57. The molecular weight excluding hydrogens is 831 g/mol. The van der Waals surface area contributed by atoms with E-state index in [4.69, 9.17) is 4.98 Å². The summed E-state index contributed by atoms with van der Waals surface area (Å²) >= 11 is 0. The number of fused-ring (bicyclic) bond motifs is 1. The van der Waals surface area contributed by atoms with Gasteiger partial charge in [-0.2, -0.15) is 0 Å². The normalized spacial score (nSPS) is 22.8. The molecule has 3 heterocycles. The number of hydrogen-bond acceptors (Lipinski definition) is 8. The lowest BCUT2D eigenvalue weighted by molar-refractivity contribution is -0.139. The van der Waals surface area contributed by atoms with Crippen LogP contribution in [0.2, 0.25) is 0 Å². The molecule has 8 unspecified atom stereocenters. The molecule has 3 aliphatic rings. The topological polar surface area (TPSA) is 153 Å². The first kappa shape index (κ1) is 48.4. The van der Waals surface area contributed by atoms with Crippen molar-refractivity contribution < 1.29 is 36.7 Å². The summed E-state index contributed by atoms with van der Waals surface area (Å²) in [6.45, 7) is 4.98. The van der Waals surface area contributed by atoms with Crippen LogP contribution in [0, 0.1) is 17.6 Å². The van der Waals surface area contributed by atoms with Gasteiger partial charge in [0.1, 0.15) is 36.1 Å². The Morgan fingerprint density at radius 3 is 1.98 bits per heavy atom. The number of likely N-dealkylation sites (N-methyl/N-ethyl adjacent to an activating group) is 2. The van der Waals surface area contributed by atoms with Crippen LogP contribution in [0.25, 0.3) is 22.3 Å². The quantitative estimate of drug-likeness (QED) is 0.109. The number of rotatable bonds is 18. The number of halogens is 4. The van der Waals surface area contributed by atoms with Crippen LogP contribution in [-0.2, 0) is 25.7 Å². The van der Waals surface area contributed by atoms with Crippen LogP contribution in [0.3, 0.4) is 0 Å². The first-order valence-corrected chi connectivity index (χ1v) is 22.8. The maximum atomic E-state index is 15.8. The zero-order chi connectivity index (χ0) is 46.2. The molecule has 3 fully saturated rings. The average molecular weight is 896 g/mol. The van der Waals surface area contributed by atoms with E-state index in [2.05, 4.69) is 26.6 Å². The molecule has 2 saturated heterocycles. The minimum atomic E-state index is -1.35. The van der Waals surface area contributed by atoms with Crippen LogP contribution in [0.1, 0.15) is 96.4 Å². The van der Waals surface area contributed by atoms with E-state index in [1.165, 1.54) is 34.1 Å². The van der Waals surface area contributed by atoms with Gasteiger partial charge >= 0.3 is 0 Å². The summed E-state index contributed by atoms with van der Waals surface area (Å²) in [4.78, 5) is 63.1. The van der Waals surface area contributed by atoms with Gasteiger partial charge in [-0.1, -0.05) is 44.7 Å². The molecule has 3 aromatic rings. The van der Waals surface area contributed by atoms with Crippen molar-refractivity contribution in [3.8, 4) is 0 Å². The van der Waals surface area contributed by atoms with Crippen molar-refractivity contribution in [3.63, 3.8) is 0 Å². The van der Waals surface area contributed by atoms with Crippen molar-refractivity contribution in [1.29, 1.82) is 0 Å². The molecule has 350 valence electrons. The van der Waals surface area contributed by atoms with Crippen LogP contribution in [0.5, 0.6) is 0 Å². The number of imidazole rings is 1. The van der Waals surface area contributed by atoms with Gasteiger partial charge in [-0.25, -0.2) is 22.5 Å². The number of hydrogen-bond donors (Lipinski definition) is 5. The van der Waals surface area contributed by atoms with Gasteiger partial charge in [0.05, 0.1) is 47.9 Å². The fraction of sp³-hybridized carbons (Fsp3) is 0.596. The highest BCUT2D eigenvalue weighted by molar-refractivity contribution is 5.93. The highest BCUT2D eigenvalue weighted by atomic mass is 19.1. The Morgan fingerprint density at radius 2 is 1.38 bits per heavy atom. The Hall–Kier alpha value is -5.03. The molecule has 17 heteroatoms. The van der Waals surface area contributed by atoms with Gasteiger partial charge in [-0.15, -0.1) is 0 Å². The van der Waals surface area contributed by atoms with Gasteiger partial charge in [-0.05, 0) is 94.9 Å². The third kappa shape index (κ3) is 11.1. The molecule has 1 aromatic heterocycles. The lowest BCUT2D eigenvalue weighted by Gasteiger charge is -2.35. The molecule has 4 amide bonds. The largest absolute Gasteiger partial charge is 0.385 e. The number of alkyl halides is 2. The van der Waals surface area contributed by atoms with Crippen molar-refractivity contribution in [1.82, 2.24) is 45.9 Å². The van der Waals surface area contributed by atoms with Gasteiger partial charge in [0.2, 0.25) is 23.6 Å². The second-order valence-corrected chi connectivity index (χ2v) is 17.7. The number of amides is 4. The second-order valence-electron chi connectivity index (χ2n) is 17.7. The maximum Gasteiger partial charge on any atom is 0.245 e. The van der Waals surface area contributed by atoms with E-state index in [1.807, 2.05) is 6.92 Å². The van der Waals surface area contributed by atoms with Crippen LogP contribution < -0.4 is 26.6 Å². The fourth-order valence-corrected chi connectivity index (χ4v) is 9.57. The number of nitrogens with one attached hydrogen (secondary N) is 5. The maximum absolute atomic E-state index is 15.8. The Balaban J connectivity index is 1.42. The van der Waals surface area contributed by atoms with Crippen LogP contribution in [-0.4, -0.2) is 126 Å². The predicted octanol–water partition coefficient (Wildman–Crippen LogP) is 5.24. The van der Waals surface area contributed by atoms with Gasteiger partial charge in [-0.3, -0.25) is 19.2 Å². The Labute approximate surface area is 373 Å². The van der Waals surface area contributed by atoms with Crippen molar-refractivity contribution in [2.75, 3.05) is 34.2 Å². The standard InChI is InChI=1S/C47H65F4N9O4/c1-7-11-38(56-44(61)27(2)52-4)46(63)59-25-34(51)21-36(59)26-60-40-19-18-32(49)22-39(40)55-43(60)42(54-6)37(29-14-16-31(48)17-15-29)23-35-20-33(50)24-58(35)47(64)41(30-12-9-8-10-13-30)57-45(62)28(3)53-5/h14-19,22,27-28,30,33-36,38,41,52-54H,7-13,20-21,23-26H2,1-6H3,(H,56,61)(H,57,62)/b42-37-. The highest BCUT2D eigenvalue weighted by Gasteiger charge is 2.43. The summed E-state index contributed by atoms with van der Waals surface area (Å²) in [6, 6.07) is 5.70. The summed E-state index contributed by atoms with van der Waals surface area (Å²) in [5.41, 5.74) is 2.32. The van der Waals surface area contributed by atoms with E-state index in [0.29, 0.717) is 41.0 Å². The van der Waals surface area contributed by atoms with Crippen molar-refractivity contribution >= 4 is 45.9 Å². The number of carbonyl (C=O) groups is 4. The van der Waals surface area contributed by atoms with Crippen LogP contribution in [0.4, 0.5) is 17.6 Å². The molecule has 2 aromatic carbocycles. The first-order chi connectivity index (χ1) is 30.7. The lowest BCUT2D eigenvalue weighted by atomic mass is 9.83. The smallest absolute Gasteiger partial charge is 0.245 e. The highest BCUT2D eigenvalue weighted by Crippen LogP contribution is 2.37. The zero-order valence-electron chi connectivity index (χ0n) is 37.9. The SMILES string of the molecule is CCCC(NC(=O)C(C)NC)C(=O)N1CC(F)CC1Cn1c(/C(NC)=C(\CC2CC(F)CN2C(=O)C(NC(=O)C(C)NC)C2CCCCC2)c2ccc(F)cc2)nc2cc(F)ccc21. The Bertz CT molecular complexity index is 2150.